The van der Waals surface area contributed by atoms with Crippen molar-refractivity contribution >= 4 is 40.8 Å². The molecule has 1 aromatic heterocycles. The van der Waals surface area contributed by atoms with Crippen molar-refractivity contribution in [2.45, 2.75) is 42.4 Å². The first-order valence-corrected chi connectivity index (χ1v) is 13.1. The fourth-order valence-electron chi connectivity index (χ4n) is 7.11. The third-order valence-electron chi connectivity index (χ3n) is 8.40. The minimum absolute atomic E-state index is 0.0207. The number of thiazole rings is 1. The molecule has 4 heterocycles. The molecule has 0 radical (unpaired) electrons. The van der Waals surface area contributed by atoms with Crippen molar-refractivity contribution in [1.82, 2.24) is 14.8 Å². The Morgan fingerprint density at radius 3 is 2.53 bits per heavy atom. The van der Waals surface area contributed by atoms with Crippen molar-refractivity contribution in [2.24, 2.45) is 29.6 Å². The van der Waals surface area contributed by atoms with Crippen LogP contribution in [0.5, 0.6) is 0 Å². The Kier molecular flexibility index (Phi) is 4.69. The van der Waals surface area contributed by atoms with Gasteiger partial charge in [-0.05, 0) is 24.2 Å². The predicted molar refractivity (Wildman–Crippen MR) is 118 cm³/mol. The first kappa shape index (κ1) is 20.9. The molecular weight excluding hydrogens is 450 g/mol. The van der Waals surface area contributed by atoms with Crippen molar-refractivity contribution in [2.75, 3.05) is 32.8 Å². The summed E-state index contributed by atoms with van der Waals surface area (Å²) in [4.78, 5) is 58.5. The second kappa shape index (κ2) is 7.17. The van der Waals surface area contributed by atoms with Crippen LogP contribution in [0.3, 0.4) is 0 Å². The molecule has 3 amide bonds. The Morgan fingerprint density at radius 2 is 1.81 bits per heavy atom. The molecule has 3 aliphatic heterocycles. The molecule has 2 saturated carbocycles. The first-order chi connectivity index (χ1) is 15.3. The number of nitrogens with zero attached hydrogens (tertiary/aromatic N) is 2. The van der Waals surface area contributed by atoms with Gasteiger partial charge in [-0.2, -0.15) is 0 Å². The van der Waals surface area contributed by atoms with E-state index in [4.69, 9.17) is 4.74 Å². The number of aromatic amines is 1. The molecule has 0 aromatic carbocycles. The van der Waals surface area contributed by atoms with Crippen LogP contribution in [0.4, 0.5) is 0 Å². The molecule has 1 N–H and O–H groups in total. The number of rotatable bonds is 3. The van der Waals surface area contributed by atoms with E-state index >= 15 is 0 Å². The molecule has 1 aromatic rings. The van der Waals surface area contributed by atoms with Gasteiger partial charge < -0.3 is 14.6 Å². The van der Waals surface area contributed by atoms with Crippen molar-refractivity contribution < 1.29 is 19.1 Å². The van der Waals surface area contributed by atoms with Crippen LogP contribution < -0.4 is 4.87 Å². The molecule has 2 saturated heterocycles. The summed E-state index contributed by atoms with van der Waals surface area (Å²) in [6.45, 7) is 6.75. The monoisotopic (exact) mass is 477 g/mol. The van der Waals surface area contributed by atoms with E-state index in [0.29, 0.717) is 26.3 Å². The number of nitrogens with one attached hydrogen (secondary N) is 1. The summed E-state index contributed by atoms with van der Waals surface area (Å²) >= 11 is 2.98. The zero-order valence-corrected chi connectivity index (χ0v) is 19.8. The van der Waals surface area contributed by atoms with E-state index < -0.39 is 0 Å². The van der Waals surface area contributed by atoms with Crippen LogP contribution in [-0.2, 0) is 24.5 Å². The summed E-state index contributed by atoms with van der Waals surface area (Å²) in [7, 11) is 0. The van der Waals surface area contributed by atoms with E-state index in [9.17, 15) is 19.2 Å². The van der Waals surface area contributed by atoms with Gasteiger partial charge in [0.15, 0.2) is 0 Å². The third-order valence-corrected chi connectivity index (χ3v) is 11.2. The van der Waals surface area contributed by atoms with E-state index in [2.05, 4.69) is 18.8 Å². The van der Waals surface area contributed by atoms with Gasteiger partial charge in [-0.25, -0.2) is 0 Å². The van der Waals surface area contributed by atoms with E-state index in [1.54, 1.807) is 16.7 Å². The Morgan fingerprint density at radius 1 is 1.12 bits per heavy atom. The fraction of sp³-hybridized carbons (Fsp3) is 0.727. The lowest BCUT2D eigenvalue weighted by molar-refractivity contribution is -0.142. The highest BCUT2D eigenvalue weighted by atomic mass is 32.2. The van der Waals surface area contributed by atoms with Crippen molar-refractivity contribution in [1.29, 1.82) is 0 Å². The molecule has 2 aliphatic carbocycles. The fourth-order valence-corrected chi connectivity index (χ4v) is 10.3. The van der Waals surface area contributed by atoms with Crippen LogP contribution in [-0.4, -0.2) is 70.6 Å². The molecule has 10 heteroatoms. The summed E-state index contributed by atoms with van der Waals surface area (Å²) in [6, 6.07) is 0. The highest BCUT2D eigenvalue weighted by Crippen LogP contribution is 2.68. The van der Waals surface area contributed by atoms with E-state index in [1.807, 2.05) is 0 Å². The van der Waals surface area contributed by atoms with Gasteiger partial charge in [0.2, 0.25) is 17.7 Å². The van der Waals surface area contributed by atoms with Gasteiger partial charge in [-0.15, -0.1) is 11.8 Å². The molecular formula is C22H27N3O5S2. The smallest absolute Gasteiger partial charge is 0.305 e. The lowest BCUT2D eigenvalue weighted by Crippen LogP contribution is -2.48. The molecule has 6 atom stereocenters. The molecule has 5 aliphatic rings. The second-order valence-electron chi connectivity index (χ2n) is 10.2. The maximum Gasteiger partial charge on any atom is 0.305 e. The maximum absolute atomic E-state index is 13.4. The standard InChI is InChI=1S/C22H27N3O5S2/c1-22(2)15-10-9-11(16(15)31-18-17(22)32-21(29)23-18)14-13(10)19(27)25(20(14)28)4-3-12(26)24-5-7-30-8-6-24/h10-11,13-16H,3-9H2,1-2H3,(H,23,29)/t10-,11-,13-,14+,15+,16+/m0/s1. The number of fused-ring (bicyclic) bond motifs is 9. The number of hydrogen-bond acceptors (Lipinski definition) is 7. The van der Waals surface area contributed by atoms with E-state index in [1.165, 1.54) is 16.2 Å². The number of carbonyl (C=O) groups excluding carboxylic acids is 3. The molecule has 0 unspecified atom stereocenters. The average Bonchev–Trinajstić information content (AvgIpc) is 3.49. The predicted octanol–water partition coefficient (Wildman–Crippen LogP) is 1.30. The minimum Gasteiger partial charge on any atom is -0.378 e. The number of carbonyl (C=O) groups is 3. The number of imide groups is 1. The number of morpholine rings is 1. The minimum atomic E-state index is -0.276. The lowest BCUT2D eigenvalue weighted by atomic mass is 9.64. The largest absolute Gasteiger partial charge is 0.378 e. The Labute approximate surface area is 194 Å². The Hall–Kier alpha value is -1.65. The average molecular weight is 478 g/mol. The van der Waals surface area contributed by atoms with E-state index in [0.717, 1.165) is 16.3 Å². The first-order valence-electron chi connectivity index (χ1n) is 11.4. The van der Waals surface area contributed by atoms with Crippen molar-refractivity contribution in [3.63, 3.8) is 0 Å². The van der Waals surface area contributed by atoms with Gasteiger partial charge in [0.1, 0.15) is 0 Å². The summed E-state index contributed by atoms with van der Waals surface area (Å²) in [5.74, 6) is -0.186. The summed E-state index contributed by atoms with van der Waals surface area (Å²) < 4.78 is 5.30. The van der Waals surface area contributed by atoms with Gasteiger partial charge in [0.25, 0.3) is 0 Å². The number of aromatic nitrogens is 1. The normalized spacial score (nSPS) is 36.9. The number of ether oxygens (including phenoxy) is 1. The summed E-state index contributed by atoms with van der Waals surface area (Å²) in [5.41, 5.74) is -0.206. The molecule has 0 spiro atoms. The van der Waals surface area contributed by atoms with Crippen LogP contribution in [0.15, 0.2) is 9.82 Å². The van der Waals surface area contributed by atoms with E-state index in [-0.39, 0.29) is 75.8 Å². The van der Waals surface area contributed by atoms with Gasteiger partial charge in [-0.3, -0.25) is 24.1 Å². The number of hydrogen-bond donors (Lipinski definition) is 1. The molecule has 172 valence electrons. The van der Waals surface area contributed by atoms with Crippen molar-refractivity contribution in [3.8, 4) is 0 Å². The van der Waals surface area contributed by atoms with Crippen LogP contribution in [0.2, 0.25) is 0 Å². The second-order valence-corrected chi connectivity index (χ2v) is 12.4. The third kappa shape index (κ3) is 2.78. The number of H-pyrrole nitrogens is 1. The van der Waals surface area contributed by atoms with Gasteiger partial charge >= 0.3 is 4.87 Å². The zero-order valence-electron chi connectivity index (χ0n) is 18.2. The molecule has 6 rings (SSSR count). The molecule has 32 heavy (non-hydrogen) atoms. The SMILES string of the molecule is CC1(C)c2sc(=O)[nH]c2S[C@@H]2[C@H]3C[C@@H]([C@@H]4C(=O)N(CCC(=O)N5CCOCC5)C(=O)[C@H]34)[C@H]21. The number of thioether (sulfide) groups is 1. The summed E-state index contributed by atoms with van der Waals surface area (Å²) in [5, 5.41) is 1.18. The zero-order chi connectivity index (χ0) is 22.4. The van der Waals surface area contributed by atoms with Gasteiger partial charge in [-0.1, -0.05) is 25.2 Å². The highest BCUT2D eigenvalue weighted by molar-refractivity contribution is 8.00. The van der Waals surface area contributed by atoms with Crippen LogP contribution >= 0.6 is 23.1 Å². The quantitative estimate of drug-likeness (QED) is 0.659. The maximum atomic E-state index is 13.4. The lowest BCUT2D eigenvalue weighted by Gasteiger charge is -2.47. The molecule has 4 fully saturated rings. The Bertz CT molecular complexity index is 1060. The van der Waals surface area contributed by atoms with Crippen molar-refractivity contribution in [3.05, 3.63) is 14.5 Å². The van der Waals surface area contributed by atoms with Crippen LogP contribution in [0.1, 0.15) is 31.6 Å². The van der Waals surface area contributed by atoms with Gasteiger partial charge in [0.05, 0.1) is 30.1 Å². The molecule has 2 bridgehead atoms. The Balaban J connectivity index is 1.23. The molecule has 8 nitrogen and oxygen atoms in total. The van der Waals surface area contributed by atoms with Crippen LogP contribution in [0, 0.1) is 29.6 Å². The summed E-state index contributed by atoms with van der Waals surface area (Å²) in [6.07, 6.45) is 1.08. The highest BCUT2D eigenvalue weighted by Gasteiger charge is 2.70. The van der Waals surface area contributed by atoms with Crippen LogP contribution in [0.25, 0.3) is 0 Å². The topological polar surface area (TPSA) is 99.8 Å². The van der Waals surface area contributed by atoms with Gasteiger partial charge in [0, 0.05) is 41.6 Å². The number of likely N-dealkylation sites (tertiary alicyclic amines) is 1. The number of amides is 3.